The zero-order valence-corrected chi connectivity index (χ0v) is 13.7. The van der Waals surface area contributed by atoms with E-state index in [4.69, 9.17) is 5.11 Å². The van der Waals surface area contributed by atoms with Crippen molar-refractivity contribution in [2.24, 2.45) is 0 Å². The molecule has 1 aromatic rings. The third-order valence-corrected chi connectivity index (χ3v) is 3.77. The molecule has 0 spiro atoms. The molecule has 2 N–H and O–H groups in total. The summed E-state index contributed by atoms with van der Waals surface area (Å²) in [6.45, 7) is 8.27. The second-order valence-corrected chi connectivity index (χ2v) is 6.87. The maximum atomic E-state index is 10.4. The van der Waals surface area contributed by atoms with Gasteiger partial charge in [-0.2, -0.15) is 0 Å². The minimum absolute atomic E-state index is 0.0632. The van der Waals surface area contributed by atoms with Crippen LogP contribution in [-0.4, -0.2) is 16.2 Å². The molecule has 0 aliphatic rings. The summed E-state index contributed by atoms with van der Waals surface area (Å²) in [5.74, 6) is -0.299. The van der Waals surface area contributed by atoms with Crippen LogP contribution in [0.15, 0.2) is 12.1 Å². The Kier molecular flexibility index (Phi) is 6.25. The molecule has 0 aliphatic carbocycles. The van der Waals surface area contributed by atoms with Crippen LogP contribution in [0.1, 0.15) is 69.6 Å². The molecule has 0 bridgehead atoms. The highest BCUT2D eigenvalue weighted by Gasteiger charge is 2.19. The van der Waals surface area contributed by atoms with E-state index in [1.807, 2.05) is 6.92 Å². The van der Waals surface area contributed by atoms with E-state index in [0.717, 1.165) is 43.2 Å². The third-order valence-electron chi connectivity index (χ3n) is 3.77. The number of phenolic OH excluding ortho intramolecular Hbond substituents is 1. The Bertz CT molecular complexity index is 484. The maximum absolute atomic E-state index is 10.4. The highest BCUT2D eigenvalue weighted by molar-refractivity contribution is 5.66. The lowest BCUT2D eigenvalue weighted by atomic mass is 9.83. The summed E-state index contributed by atoms with van der Waals surface area (Å²) in [6.07, 6.45) is 5.10. The molecule has 0 saturated heterocycles. The summed E-state index contributed by atoms with van der Waals surface area (Å²) in [5.41, 5.74) is 3.13. The quantitative estimate of drug-likeness (QED) is 0.723. The summed E-state index contributed by atoms with van der Waals surface area (Å²) >= 11 is 0. The highest BCUT2D eigenvalue weighted by atomic mass is 16.4. The fraction of sp³-hybridized carbons (Fsp3) is 0.611. The SMILES string of the molecule is Cc1cc(CCCCCCC(=O)O)cc(C(C)(C)C)c1O. The molecule has 0 saturated carbocycles. The first-order valence-corrected chi connectivity index (χ1v) is 7.76. The van der Waals surface area contributed by atoms with E-state index in [-0.39, 0.29) is 11.8 Å². The van der Waals surface area contributed by atoms with Crippen molar-refractivity contribution in [1.29, 1.82) is 0 Å². The first-order chi connectivity index (χ1) is 9.71. The Labute approximate surface area is 128 Å². The van der Waals surface area contributed by atoms with Crippen LogP contribution < -0.4 is 0 Å². The summed E-state index contributed by atoms with van der Waals surface area (Å²) < 4.78 is 0. The predicted octanol–water partition coefficient (Wildman–Crippen LogP) is 4.58. The molecule has 0 unspecified atom stereocenters. The van der Waals surface area contributed by atoms with E-state index in [0.29, 0.717) is 5.75 Å². The van der Waals surface area contributed by atoms with Gasteiger partial charge >= 0.3 is 5.97 Å². The molecule has 0 atom stereocenters. The number of carbonyl (C=O) groups is 1. The van der Waals surface area contributed by atoms with Gasteiger partial charge in [0, 0.05) is 6.42 Å². The molecule has 0 radical (unpaired) electrons. The van der Waals surface area contributed by atoms with E-state index in [9.17, 15) is 9.90 Å². The minimum atomic E-state index is -0.709. The largest absolute Gasteiger partial charge is 0.507 e. The lowest BCUT2D eigenvalue weighted by Gasteiger charge is -2.22. The average Bonchev–Trinajstić information content (AvgIpc) is 2.35. The van der Waals surface area contributed by atoms with Gasteiger partial charge in [-0.3, -0.25) is 4.79 Å². The van der Waals surface area contributed by atoms with Crippen molar-refractivity contribution in [3.8, 4) is 5.75 Å². The van der Waals surface area contributed by atoms with E-state index < -0.39 is 5.97 Å². The molecule has 118 valence electrons. The zero-order chi connectivity index (χ0) is 16.0. The van der Waals surface area contributed by atoms with Crippen molar-refractivity contribution in [2.45, 2.75) is 71.6 Å². The Morgan fingerprint density at radius 3 is 2.29 bits per heavy atom. The normalized spacial score (nSPS) is 11.6. The molecule has 0 aliphatic heterocycles. The van der Waals surface area contributed by atoms with Crippen molar-refractivity contribution >= 4 is 5.97 Å². The monoisotopic (exact) mass is 292 g/mol. The molecule has 3 nitrogen and oxygen atoms in total. The van der Waals surface area contributed by atoms with Crippen LogP contribution in [0.2, 0.25) is 0 Å². The lowest BCUT2D eigenvalue weighted by Crippen LogP contribution is -2.12. The van der Waals surface area contributed by atoms with Gasteiger partial charge in [0.05, 0.1) is 0 Å². The Morgan fingerprint density at radius 2 is 1.71 bits per heavy atom. The summed E-state index contributed by atoms with van der Waals surface area (Å²) in [7, 11) is 0. The molecule has 0 heterocycles. The van der Waals surface area contributed by atoms with E-state index in [2.05, 4.69) is 32.9 Å². The topological polar surface area (TPSA) is 57.5 Å². The smallest absolute Gasteiger partial charge is 0.303 e. The molecule has 1 aromatic carbocycles. The number of phenols is 1. The van der Waals surface area contributed by atoms with Crippen molar-refractivity contribution < 1.29 is 15.0 Å². The first kappa shape index (κ1) is 17.5. The maximum Gasteiger partial charge on any atom is 0.303 e. The van der Waals surface area contributed by atoms with E-state index >= 15 is 0 Å². The van der Waals surface area contributed by atoms with Gasteiger partial charge in [0.2, 0.25) is 0 Å². The Morgan fingerprint density at radius 1 is 1.10 bits per heavy atom. The first-order valence-electron chi connectivity index (χ1n) is 7.76. The van der Waals surface area contributed by atoms with Crippen LogP contribution >= 0.6 is 0 Å². The number of aromatic hydroxyl groups is 1. The standard InChI is InChI=1S/C18H28O3/c1-13-11-14(9-7-5-6-8-10-16(19)20)12-15(17(13)21)18(2,3)4/h11-12,21H,5-10H2,1-4H3,(H,19,20). The molecule has 0 amide bonds. The number of hydrogen-bond acceptors (Lipinski definition) is 2. The fourth-order valence-electron chi connectivity index (χ4n) is 2.53. The second-order valence-electron chi connectivity index (χ2n) is 6.87. The number of hydrogen-bond donors (Lipinski definition) is 2. The lowest BCUT2D eigenvalue weighted by molar-refractivity contribution is -0.137. The van der Waals surface area contributed by atoms with Crippen molar-refractivity contribution in [3.63, 3.8) is 0 Å². The van der Waals surface area contributed by atoms with Crippen LogP contribution in [0, 0.1) is 6.92 Å². The fourth-order valence-corrected chi connectivity index (χ4v) is 2.53. The van der Waals surface area contributed by atoms with Crippen LogP contribution in [0.4, 0.5) is 0 Å². The average molecular weight is 292 g/mol. The van der Waals surface area contributed by atoms with Crippen molar-refractivity contribution in [1.82, 2.24) is 0 Å². The van der Waals surface area contributed by atoms with Crippen molar-refractivity contribution in [3.05, 3.63) is 28.8 Å². The highest BCUT2D eigenvalue weighted by Crippen LogP contribution is 2.34. The van der Waals surface area contributed by atoms with Gasteiger partial charge in [-0.05, 0) is 48.3 Å². The third kappa shape index (κ3) is 5.78. The molecule has 0 fully saturated rings. The van der Waals surface area contributed by atoms with E-state index in [1.54, 1.807) is 0 Å². The van der Waals surface area contributed by atoms with Gasteiger partial charge in [0.25, 0.3) is 0 Å². The molecule has 21 heavy (non-hydrogen) atoms. The molecule has 1 rings (SSSR count). The minimum Gasteiger partial charge on any atom is -0.507 e. The summed E-state index contributed by atoms with van der Waals surface area (Å²) in [5, 5.41) is 18.8. The summed E-state index contributed by atoms with van der Waals surface area (Å²) in [4.78, 5) is 10.4. The number of unbranched alkanes of at least 4 members (excludes halogenated alkanes) is 3. The predicted molar refractivity (Wildman–Crippen MR) is 86.0 cm³/mol. The van der Waals surface area contributed by atoms with Gasteiger partial charge in [-0.25, -0.2) is 0 Å². The van der Waals surface area contributed by atoms with Crippen molar-refractivity contribution in [2.75, 3.05) is 0 Å². The number of rotatable bonds is 7. The van der Waals surface area contributed by atoms with E-state index in [1.165, 1.54) is 5.56 Å². The van der Waals surface area contributed by atoms with Gasteiger partial charge < -0.3 is 10.2 Å². The molecule has 3 heteroatoms. The number of carboxylic acids is 1. The Balaban J connectivity index is 2.56. The number of aliphatic carboxylic acids is 1. The van der Waals surface area contributed by atoms with Crippen LogP contribution in [0.5, 0.6) is 5.75 Å². The van der Waals surface area contributed by atoms with Crippen LogP contribution in [-0.2, 0) is 16.6 Å². The second kappa shape index (κ2) is 7.48. The van der Waals surface area contributed by atoms with Crippen LogP contribution in [0.3, 0.4) is 0 Å². The number of aryl methyl sites for hydroxylation is 2. The van der Waals surface area contributed by atoms with Gasteiger partial charge in [-0.1, -0.05) is 45.7 Å². The molecular formula is C18H28O3. The van der Waals surface area contributed by atoms with Gasteiger partial charge in [0.15, 0.2) is 0 Å². The zero-order valence-electron chi connectivity index (χ0n) is 13.7. The summed E-state index contributed by atoms with van der Waals surface area (Å²) in [6, 6.07) is 4.17. The van der Waals surface area contributed by atoms with Crippen LogP contribution in [0.25, 0.3) is 0 Å². The number of benzene rings is 1. The van der Waals surface area contributed by atoms with Gasteiger partial charge in [-0.15, -0.1) is 0 Å². The van der Waals surface area contributed by atoms with Gasteiger partial charge in [0.1, 0.15) is 5.75 Å². The Hall–Kier alpha value is -1.51. The molecular weight excluding hydrogens is 264 g/mol. The molecule has 0 aromatic heterocycles. The number of carboxylic acid groups (broad SMARTS) is 1.